The van der Waals surface area contributed by atoms with E-state index < -0.39 is 0 Å². The van der Waals surface area contributed by atoms with Gasteiger partial charge in [-0.2, -0.15) is 0 Å². The van der Waals surface area contributed by atoms with E-state index in [4.69, 9.17) is 0 Å². The van der Waals surface area contributed by atoms with Crippen LogP contribution in [0.25, 0.3) is 11.4 Å². The summed E-state index contributed by atoms with van der Waals surface area (Å²) in [5, 5.41) is 9.41. The average molecular weight is 441 g/mol. The van der Waals surface area contributed by atoms with E-state index in [9.17, 15) is 4.79 Å². The Hall–Kier alpha value is -3.25. The summed E-state index contributed by atoms with van der Waals surface area (Å²) in [6.07, 6.45) is 6.87. The van der Waals surface area contributed by atoms with Crippen LogP contribution in [0.3, 0.4) is 0 Å². The van der Waals surface area contributed by atoms with Crippen LogP contribution in [0.4, 0.5) is 0 Å². The molecule has 4 aromatic rings. The maximum Gasteiger partial charge on any atom is 0.192 e. The summed E-state index contributed by atoms with van der Waals surface area (Å²) in [6, 6.07) is 20.3. The molecule has 32 heavy (non-hydrogen) atoms. The van der Waals surface area contributed by atoms with E-state index in [0.717, 1.165) is 40.5 Å². The SMILES string of the molecule is C[C@@H](Sc1nnc(-c2ccncc2)n1Cc1ccccc1)C(=O)c1ccc2c(c1)CCC2. The number of carbonyl (C=O) groups excluding carboxylic acids is 1. The van der Waals surface area contributed by atoms with E-state index in [1.54, 1.807) is 12.4 Å². The monoisotopic (exact) mass is 440 g/mol. The van der Waals surface area contributed by atoms with Crippen LogP contribution in [-0.4, -0.2) is 30.8 Å². The minimum absolute atomic E-state index is 0.129. The highest BCUT2D eigenvalue weighted by atomic mass is 32.2. The highest BCUT2D eigenvalue weighted by molar-refractivity contribution is 8.00. The summed E-state index contributed by atoms with van der Waals surface area (Å²) in [7, 11) is 0. The number of hydrogen-bond donors (Lipinski definition) is 0. The number of Topliss-reactive ketones (excluding diaryl/α,β-unsaturated/α-hetero) is 1. The molecule has 1 aliphatic carbocycles. The lowest BCUT2D eigenvalue weighted by atomic mass is 10.0. The van der Waals surface area contributed by atoms with Gasteiger partial charge in [-0.3, -0.25) is 14.3 Å². The molecule has 0 fully saturated rings. The van der Waals surface area contributed by atoms with Crippen LogP contribution in [0.5, 0.6) is 0 Å². The summed E-state index contributed by atoms with van der Waals surface area (Å²) in [5.41, 5.74) is 5.59. The van der Waals surface area contributed by atoms with Crippen molar-refractivity contribution in [2.45, 2.75) is 43.1 Å². The molecule has 0 aliphatic heterocycles. The second-order valence-electron chi connectivity index (χ2n) is 8.08. The predicted molar refractivity (Wildman–Crippen MR) is 127 cm³/mol. The minimum Gasteiger partial charge on any atom is -0.298 e. The van der Waals surface area contributed by atoms with Crippen molar-refractivity contribution in [1.82, 2.24) is 19.7 Å². The zero-order valence-corrected chi connectivity index (χ0v) is 18.8. The lowest BCUT2D eigenvalue weighted by molar-refractivity contribution is 0.0993. The number of thioether (sulfide) groups is 1. The molecule has 1 aliphatic rings. The van der Waals surface area contributed by atoms with Crippen molar-refractivity contribution in [2.24, 2.45) is 0 Å². The fraction of sp³-hybridized carbons (Fsp3) is 0.231. The van der Waals surface area contributed by atoms with Gasteiger partial charge in [-0.15, -0.1) is 10.2 Å². The standard InChI is InChI=1S/C26H24N4OS/c1-18(24(31)23-11-10-20-8-5-9-22(20)16-23)32-26-29-28-25(21-12-14-27-15-13-21)30(26)17-19-6-3-2-4-7-19/h2-4,6-7,10-16,18H,5,8-9,17H2,1H3/t18-/m1/s1. The lowest BCUT2D eigenvalue weighted by Gasteiger charge is -2.14. The number of benzene rings is 2. The van der Waals surface area contributed by atoms with Gasteiger partial charge in [0.1, 0.15) is 0 Å². The van der Waals surface area contributed by atoms with Crippen molar-refractivity contribution in [1.29, 1.82) is 0 Å². The Bertz CT molecular complexity index is 1240. The Morgan fingerprint density at radius 2 is 1.78 bits per heavy atom. The second-order valence-corrected chi connectivity index (χ2v) is 9.38. The van der Waals surface area contributed by atoms with Gasteiger partial charge in [0.15, 0.2) is 16.8 Å². The van der Waals surface area contributed by atoms with Gasteiger partial charge in [0.2, 0.25) is 0 Å². The molecule has 0 bridgehead atoms. The number of pyridine rings is 1. The fourth-order valence-electron chi connectivity index (χ4n) is 4.17. The molecule has 5 rings (SSSR count). The molecule has 0 amide bonds. The molecule has 160 valence electrons. The molecule has 2 aromatic carbocycles. The second kappa shape index (κ2) is 9.09. The van der Waals surface area contributed by atoms with Gasteiger partial charge in [-0.25, -0.2) is 0 Å². The zero-order valence-electron chi connectivity index (χ0n) is 17.9. The van der Waals surface area contributed by atoms with Crippen molar-refractivity contribution >= 4 is 17.5 Å². The topological polar surface area (TPSA) is 60.7 Å². The van der Waals surface area contributed by atoms with Gasteiger partial charge in [0.25, 0.3) is 0 Å². The lowest BCUT2D eigenvalue weighted by Crippen LogP contribution is -2.15. The number of ketones is 1. The normalized spacial score (nSPS) is 13.7. The Morgan fingerprint density at radius 1 is 1.00 bits per heavy atom. The Morgan fingerprint density at radius 3 is 2.59 bits per heavy atom. The molecular weight excluding hydrogens is 416 g/mol. The molecule has 0 N–H and O–H groups in total. The summed E-state index contributed by atoms with van der Waals surface area (Å²) in [4.78, 5) is 17.3. The van der Waals surface area contributed by atoms with Crippen LogP contribution in [0.1, 0.15) is 40.4 Å². The van der Waals surface area contributed by atoms with Crippen molar-refractivity contribution < 1.29 is 4.79 Å². The van der Waals surface area contributed by atoms with E-state index in [1.165, 1.54) is 29.3 Å². The third-order valence-electron chi connectivity index (χ3n) is 5.87. The van der Waals surface area contributed by atoms with E-state index in [-0.39, 0.29) is 11.0 Å². The van der Waals surface area contributed by atoms with Crippen LogP contribution in [-0.2, 0) is 19.4 Å². The van der Waals surface area contributed by atoms with E-state index >= 15 is 0 Å². The van der Waals surface area contributed by atoms with Crippen LogP contribution >= 0.6 is 11.8 Å². The average Bonchev–Trinajstić information content (AvgIpc) is 3.46. The molecule has 0 spiro atoms. The van der Waals surface area contributed by atoms with Crippen LogP contribution < -0.4 is 0 Å². The first-order chi connectivity index (χ1) is 15.7. The highest BCUT2D eigenvalue weighted by Gasteiger charge is 2.23. The van der Waals surface area contributed by atoms with Crippen molar-refractivity contribution in [3.05, 3.63) is 95.3 Å². The van der Waals surface area contributed by atoms with Gasteiger partial charge in [-0.05, 0) is 61.1 Å². The Balaban J connectivity index is 1.43. The quantitative estimate of drug-likeness (QED) is 0.290. The first-order valence-electron chi connectivity index (χ1n) is 10.9. The molecule has 2 heterocycles. The Labute approximate surface area is 191 Å². The van der Waals surface area contributed by atoms with Gasteiger partial charge in [0, 0.05) is 23.5 Å². The van der Waals surface area contributed by atoms with Crippen molar-refractivity contribution in [3.8, 4) is 11.4 Å². The van der Waals surface area contributed by atoms with E-state index in [2.05, 4.69) is 44.0 Å². The maximum absolute atomic E-state index is 13.2. The summed E-state index contributed by atoms with van der Waals surface area (Å²) < 4.78 is 2.09. The maximum atomic E-state index is 13.2. The van der Waals surface area contributed by atoms with Gasteiger partial charge in [-0.1, -0.05) is 54.2 Å². The van der Waals surface area contributed by atoms with Gasteiger partial charge < -0.3 is 0 Å². The Kier molecular flexibility index (Phi) is 5.86. The zero-order chi connectivity index (χ0) is 21.9. The predicted octanol–water partition coefficient (Wildman–Crippen LogP) is 5.24. The number of hydrogen-bond acceptors (Lipinski definition) is 5. The van der Waals surface area contributed by atoms with Gasteiger partial charge >= 0.3 is 0 Å². The minimum atomic E-state index is -0.265. The number of rotatable bonds is 7. The van der Waals surface area contributed by atoms with E-state index in [1.807, 2.05) is 43.3 Å². The number of nitrogens with zero attached hydrogens (tertiary/aromatic N) is 4. The third kappa shape index (κ3) is 4.23. The fourth-order valence-corrected chi connectivity index (χ4v) is 5.10. The molecule has 0 unspecified atom stereocenters. The van der Waals surface area contributed by atoms with Crippen molar-refractivity contribution in [2.75, 3.05) is 0 Å². The van der Waals surface area contributed by atoms with E-state index in [0.29, 0.717) is 6.54 Å². The number of aryl methyl sites for hydroxylation is 2. The molecule has 0 saturated carbocycles. The number of aromatic nitrogens is 4. The molecule has 1 atom stereocenters. The number of fused-ring (bicyclic) bond motifs is 1. The largest absolute Gasteiger partial charge is 0.298 e. The summed E-state index contributed by atoms with van der Waals surface area (Å²) >= 11 is 1.47. The smallest absolute Gasteiger partial charge is 0.192 e. The van der Waals surface area contributed by atoms with Crippen molar-refractivity contribution in [3.63, 3.8) is 0 Å². The first kappa shape index (κ1) is 20.6. The molecule has 0 radical (unpaired) electrons. The van der Waals surface area contributed by atoms with Crippen LogP contribution in [0.15, 0.2) is 78.2 Å². The van der Waals surface area contributed by atoms with Gasteiger partial charge in [0.05, 0.1) is 11.8 Å². The first-order valence-corrected chi connectivity index (χ1v) is 11.8. The van der Waals surface area contributed by atoms with Crippen LogP contribution in [0.2, 0.25) is 0 Å². The molecule has 5 nitrogen and oxygen atoms in total. The molecule has 6 heteroatoms. The third-order valence-corrected chi connectivity index (χ3v) is 6.95. The summed E-state index contributed by atoms with van der Waals surface area (Å²) in [5.74, 6) is 0.903. The molecule has 2 aromatic heterocycles. The van der Waals surface area contributed by atoms with Crippen LogP contribution in [0, 0.1) is 0 Å². The molecular formula is C26H24N4OS. The highest BCUT2D eigenvalue weighted by Crippen LogP contribution is 2.30. The summed E-state index contributed by atoms with van der Waals surface area (Å²) in [6.45, 7) is 2.58. The molecule has 0 saturated heterocycles. The number of carbonyl (C=O) groups is 1.